The number of nitro groups is 1. The quantitative estimate of drug-likeness (QED) is 0.601. The standard InChI is InChI=1S/C16H16NO3/c1-11(2)9-13-10-14(17(19)20)5-8-16(13)12-3-6-15(18)7-4-12/h3-8,10-11H,9H2,1-2H3. The molecule has 0 bridgehead atoms. The fourth-order valence-electron chi connectivity index (χ4n) is 2.22. The van der Waals surface area contributed by atoms with Gasteiger partial charge in [-0.3, -0.25) is 15.2 Å². The highest BCUT2D eigenvalue weighted by Crippen LogP contribution is 2.30. The Labute approximate surface area is 117 Å². The molecule has 0 fully saturated rings. The van der Waals surface area contributed by atoms with Crippen LogP contribution in [-0.2, 0) is 11.5 Å². The highest BCUT2D eigenvalue weighted by molar-refractivity contribution is 5.69. The average molecular weight is 270 g/mol. The van der Waals surface area contributed by atoms with Gasteiger partial charge in [-0.2, -0.15) is 0 Å². The minimum Gasteiger partial charge on any atom is -0.290 e. The van der Waals surface area contributed by atoms with Crippen LogP contribution >= 0.6 is 0 Å². The van der Waals surface area contributed by atoms with Gasteiger partial charge in [-0.1, -0.05) is 26.0 Å². The second kappa shape index (κ2) is 5.74. The van der Waals surface area contributed by atoms with Crippen molar-refractivity contribution in [2.45, 2.75) is 20.3 Å². The normalized spacial score (nSPS) is 10.8. The zero-order valence-corrected chi connectivity index (χ0v) is 11.5. The van der Waals surface area contributed by atoms with Crippen LogP contribution in [0.5, 0.6) is 5.75 Å². The van der Waals surface area contributed by atoms with Crippen molar-refractivity contribution < 1.29 is 10.0 Å². The number of nitrogens with zero attached hydrogens (tertiary/aromatic N) is 1. The maximum atomic E-state index is 11.2. The third kappa shape index (κ3) is 3.15. The Morgan fingerprint density at radius 2 is 1.75 bits per heavy atom. The summed E-state index contributed by atoms with van der Waals surface area (Å²) in [5.74, 6) is 0.357. The van der Waals surface area contributed by atoms with Gasteiger partial charge >= 0.3 is 0 Å². The molecule has 2 rings (SSSR count). The maximum absolute atomic E-state index is 11.2. The summed E-state index contributed by atoms with van der Waals surface area (Å²) < 4.78 is 0. The van der Waals surface area contributed by atoms with Crippen LogP contribution in [0.2, 0.25) is 0 Å². The SMILES string of the molecule is CC(C)Cc1cc([N+](=O)[O-])ccc1-c1ccc([O])cc1. The van der Waals surface area contributed by atoms with Crippen molar-refractivity contribution in [1.82, 2.24) is 0 Å². The number of hydrogen-bond donors (Lipinski definition) is 0. The van der Waals surface area contributed by atoms with Crippen molar-refractivity contribution in [2.75, 3.05) is 0 Å². The molecular weight excluding hydrogens is 254 g/mol. The van der Waals surface area contributed by atoms with Crippen molar-refractivity contribution >= 4 is 5.69 Å². The fraction of sp³-hybridized carbons (Fsp3) is 0.250. The summed E-state index contributed by atoms with van der Waals surface area (Å²) in [4.78, 5) is 10.5. The third-order valence-corrected chi connectivity index (χ3v) is 3.09. The molecule has 0 saturated carbocycles. The van der Waals surface area contributed by atoms with E-state index in [0.29, 0.717) is 5.92 Å². The van der Waals surface area contributed by atoms with E-state index in [1.165, 1.54) is 18.2 Å². The van der Waals surface area contributed by atoms with Gasteiger partial charge in [0.15, 0.2) is 5.75 Å². The molecule has 0 aromatic heterocycles. The van der Waals surface area contributed by atoms with Crippen LogP contribution in [0, 0.1) is 16.0 Å². The van der Waals surface area contributed by atoms with Crippen molar-refractivity contribution in [1.29, 1.82) is 0 Å². The fourth-order valence-corrected chi connectivity index (χ4v) is 2.22. The molecule has 0 heterocycles. The van der Waals surface area contributed by atoms with E-state index in [2.05, 4.69) is 13.8 Å². The van der Waals surface area contributed by atoms with E-state index < -0.39 is 0 Å². The minimum atomic E-state index is -0.381. The van der Waals surface area contributed by atoms with E-state index in [1.54, 1.807) is 24.3 Å². The molecule has 0 amide bonds. The van der Waals surface area contributed by atoms with Crippen LogP contribution in [0.1, 0.15) is 19.4 Å². The van der Waals surface area contributed by atoms with Crippen molar-refractivity contribution in [3.05, 3.63) is 58.1 Å². The lowest BCUT2D eigenvalue weighted by Crippen LogP contribution is -1.99. The molecule has 4 nitrogen and oxygen atoms in total. The molecular formula is C16H16NO3. The van der Waals surface area contributed by atoms with Gasteiger partial charge in [0.1, 0.15) is 0 Å². The lowest BCUT2D eigenvalue weighted by Gasteiger charge is -2.12. The summed E-state index contributed by atoms with van der Waals surface area (Å²) >= 11 is 0. The van der Waals surface area contributed by atoms with Crippen LogP contribution in [0.3, 0.4) is 0 Å². The molecule has 0 N–H and O–H groups in total. The Kier molecular flexibility index (Phi) is 4.03. The van der Waals surface area contributed by atoms with Gasteiger partial charge in [-0.05, 0) is 47.2 Å². The van der Waals surface area contributed by atoms with E-state index in [0.717, 1.165) is 23.1 Å². The molecule has 4 heteroatoms. The Balaban J connectivity index is 2.50. The molecule has 0 spiro atoms. The van der Waals surface area contributed by atoms with E-state index in [9.17, 15) is 15.2 Å². The monoisotopic (exact) mass is 270 g/mol. The lowest BCUT2D eigenvalue weighted by atomic mass is 9.93. The number of rotatable bonds is 4. The predicted octanol–water partition coefficient (Wildman–Crippen LogP) is 4.60. The third-order valence-electron chi connectivity index (χ3n) is 3.09. The summed E-state index contributed by atoms with van der Waals surface area (Å²) in [5.41, 5.74) is 2.90. The van der Waals surface area contributed by atoms with Crippen molar-refractivity contribution in [3.8, 4) is 16.9 Å². The summed E-state index contributed by atoms with van der Waals surface area (Å²) in [6, 6.07) is 11.4. The van der Waals surface area contributed by atoms with Crippen molar-refractivity contribution in [3.63, 3.8) is 0 Å². The number of benzene rings is 2. The number of nitro benzene ring substituents is 1. The maximum Gasteiger partial charge on any atom is 0.269 e. The van der Waals surface area contributed by atoms with Crippen LogP contribution < -0.4 is 0 Å². The largest absolute Gasteiger partial charge is 0.290 e. The molecule has 1 radical (unpaired) electrons. The Morgan fingerprint density at radius 1 is 1.10 bits per heavy atom. The van der Waals surface area contributed by atoms with Gasteiger partial charge in [0.2, 0.25) is 0 Å². The van der Waals surface area contributed by atoms with Crippen LogP contribution in [0.4, 0.5) is 5.69 Å². The summed E-state index contributed by atoms with van der Waals surface area (Å²) in [5, 5.41) is 22.1. The van der Waals surface area contributed by atoms with E-state index in [1.807, 2.05) is 0 Å². The van der Waals surface area contributed by atoms with Gasteiger partial charge in [0.25, 0.3) is 5.69 Å². The molecule has 0 aliphatic rings. The Hall–Kier alpha value is -2.36. The highest BCUT2D eigenvalue weighted by atomic mass is 16.6. The first kappa shape index (κ1) is 14.1. The number of non-ortho nitro benzene ring substituents is 1. The predicted molar refractivity (Wildman–Crippen MR) is 77.2 cm³/mol. The molecule has 0 aliphatic heterocycles. The first-order valence-corrected chi connectivity index (χ1v) is 6.52. The second-order valence-corrected chi connectivity index (χ2v) is 5.22. The summed E-state index contributed by atoms with van der Waals surface area (Å²) in [6.45, 7) is 4.15. The molecule has 20 heavy (non-hydrogen) atoms. The molecule has 0 aliphatic carbocycles. The first-order chi connectivity index (χ1) is 9.47. The smallest absolute Gasteiger partial charge is 0.269 e. The average Bonchev–Trinajstić information content (AvgIpc) is 2.39. The van der Waals surface area contributed by atoms with Crippen LogP contribution in [0.15, 0.2) is 42.5 Å². The zero-order valence-electron chi connectivity index (χ0n) is 11.5. The molecule has 103 valence electrons. The zero-order chi connectivity index (χ0) is 14.7. The van der Waals surface area contributed by atoms with Gasteiger partial charge in [0, 0.05) is 12.1 Å². The van der Waals surface area contributed by atoms with Crippen LogP contribution in [-0.4, -0.2) is 4.92 Å². The topological polar surface area (TPSA) is 63.0 Å². The van der Waals surface area contributed by atoms with Gasteiger partial charge in [0.05, 0.1) is 4.92 Å². The molecule has 0 unspecified atom stereocenters. The van der Waals surface area contributed by atoms with Gasteiger partial charge in [-0.25, -0.2) is 0 Å². The van der Waals surface area contributed by atoms with Crippen LogP contribution in [0.25, 0.3) is 11.1 Å². The Bertz CT molecular complexity index is 618. The van der Waals surface area contributed by atoms with E-state index in [4.69, 9.17) is 0 Å². The molecule has 2 aromatic carbocycles. The molecule has 2 aromatic rings. The lowest BCUT2D eigenvalue weighted by molar-refractivity contribution is -0.384. The summed E-state index contributed by atoms with van der Waals surface area (Å²) in [6.07, 6.45) is 0.760. The minimum absolute atomic E-state index is 0.0407. The number of hydrogen-bond acceptors (Lipinski definition) is 2. The molecule has 0 atom stereocenters. The van der Waals surface area contributed by atoms with Gasteiger partial charge in [-0.15, -0.1) is 0 Å². The second-order valence-electron chi connectivity index (χ2n) is 5.22. The Morgan fingerprint density at radius 3 is 2.30 bits per heavy atom. The summed E-state index contributed by atoms with van der Waals surface area (Å²) in [7, 11) is 0. The highest BCUT2D eigenvalue weighted by Gasteiger charge is 2.13. The molecule has 0 saturated heterocycles. The van der Waals surface area contributed by atoms with Gasteiger partial charge < -0.3 is 0 Å². The van der Waals surface area contributed by atoms with E-state index in [-0.39, 0.29) is 16.4 Å². The van der Waals surface area contributed by atoms with Crippen molar-refractivity contribution in [2.24, 2.45) is 5.92 Å². The van der Waals surface area contributed by atoms with E-state index >= 15 is 0 Å². The first-order valence-electron chi connectivity index (χ1n) is 6.52.